The number of nitrogen functional groups attached to an aromatic ring is 2. The lowest BCUT2D eigenvalue weighted by Crippen LogP contribution is -1.99. The van der Waals surface area contributed by atoms with Gasteiger partial charge in [-0.1, -0.05) is 91.0 Å². The normalized spacial score (nSPS) is 11.3. The molecule has 0 atom stereocenters. The topological polar surface area (TPSA) is 67.8 Å². The maximum Gasteiger partial charge on any atom is 0.0558 e. The average molecular weight is 426 g/mol. The Labute approximate surface area is 192 Å². The van der Waals surface area contributed by atoms with Gasteiger partial charge in [-0.05, 0) is 34.9 Å². The third kappa shape index (κ3) is 3.06. The molecule has 0 aliphatic heterocycles. The van der Waals surface area contributed by atoms with E-state index in [1.165, 1.54) is 0 Å². The van der Waals surface area contributed by atoms with E-state index in [1.807, 2.05) is 36.4 Å². The molecule has 0 saturated heterocycles. The fourth-order valence-electron chi connectivity index (χ4n) is 4.88. The first-order valence-corrected chi connectivity index (χ1v) is 11.0. The lowest BCUT2D eigenvalue weighted by atomic mass is 9.85. The van der Waals surface area contributed by atoms with Crippen molar-refractivity contribution in [1.29, 1.82) is 0 Å². The molecule has 6 aromatic rings. The second kappa shape index (κ2) is 7.57. The molecule has 0 radical (unpaired) electrons. The molecule has 158 valence electrons. The van der Waals surface area contributed by atoms with Gasteiger partial charge in [-0.15, -0.1) is 0 Å². The van der Waals surface area contributed by atoms with Gasteiger partial charge in [0.15, 0.2) is 0 Å². The minimum atomic E-state index is 0.731. The molecular formula is C30H23N3. The van der Waals surface area contributed by atoms with Gasteiger partial charge >= 0.3 is 0 Å². The van der Waals surface area contributed by atoms with Crippen molar-refractivity contribution < 1.29 is 0 Å². The van der Waals surface area contributed by atoms with E-state index >= 15 is 0 Å². The third-order valence-corrected chi connectivity index (χ3v) is 6.30. The Bertz CT molecular complexity index is 1600. The number of nitrogens with two attached hydrogens (primary N) is 2. The first-order chi connectivity index (χ1) is 16.2. The maximum absolute atomic E-state index is 7.09. The molecule has 0 fully saturated rings. The van der Waals surface area contributed by atoms with Gasteiger partial charge in [0.25, 0.3) is 0 Å². The summed E-state index contributed by atoms with van der Waals surface area (Å²) >= 11 is 0. The lowest BCUT2D eigenvalue weighted by molar-refractivity contribution is 1.52. The van der Waals surface area contributed by atoms with E-state index in [0.717, 1.165) is 66.6 Å². The number of hydrogen-bond donors (Lipinski definition) is 3. The summed E-state index contributed by atoms with van der Waals surface area (Å²) in [6.45, 7) is 0. The molecule has 3 heteroatoms. The Balaban J connectivity index is 1.89. The highest BCUT2D eigenvalue weighted by atomic mass is 14.7. The van der Waals surface area contributed by atoms with Crippen molar-refractivity contribution in [2.45, 2.75) is 0 Å². The third-order valence-electron chi connectivity index (χ3n) is 6.30. The molecule has 0 aliphatic carbocycles. The zero-order chi connectivity index (χ0) is 22.4. The van der Waals surface area contributed by atoms with Crippen molar-refractivity contribution in [2.75, 3.05) is 11.5 Å². The monoisotopic (exact) mass is 425 g/mol. The smallest absolute Gasteiger partial charge is 0.0558 e. The molecular weight excluding hydrogens is 402 g/mol. The van der Waals surface area contributed by atoms with Crippen molar-refractivity contribution in [2.24, 2.45) is 0 Å². The van der Waals surface area contributed by atoms with E-state index in [-0.39, 0.29) is 0 Å². The quantitative estimate of drug-likeness (QED) is 0.257. The van der Waals surface area contributed by atoms with E-state index in [0.29, 0.717) is 0 Å². The minimum absolute atomic E-state index is 0.731. The van der Waals surface area contributed by atoms with E-state index in [1.54, 1.807) is 0 Å². The fraction of sp³-hybridized carbons (Fsp3) is 0. The van der Waals surface area contributed by atoms with Crippen LogP contribution in [-0.4, -0.2) is 4.98 Å². The SMILES string of the molecule is Nc1ccc2[nH]c3c(-c4ccccc4)c(-c4ccccc4)c(N)c(-c4ccccc4)c3c2c1. The van der Waals surface area contributed by atoms with Crippen LogP contribution >= 0.6 is 0 Å². The standard InChI is InChI=1S/C30H23N3/c31-22-16-17-24-23(18-22)28-26(20-12-6-2-7-13-20)29(32)25(19-10-4-1-5-11-19)27(30(28)33-24)21-14-8-3-9-15-21/h1-18,33H,31-32H2. The summed E-state index contributed by atoms with van der Waals surface area (Å²) in [4.78, 5) is 3.71. The summed E-state index contributed by atoms with van der Waals surface area (Å²) in [5, 5.41) is 2.17. The molecule has 5 N–H and O–H groups in total. The van der Waals surface area contributed by atoms with Gasteiger partial charge < -0.3 is 16.5 Å². The van der Waals surface area contributed by atoms with Gasteiger partial charge in [0, 0.05) is 44.4 Å². The molecule has 0 saturated carbocycles. The van der Waals surface area contributed by atoms with Gasteiger partial charge in [-0.2, -0.15) is 0 Å². The summed E-state index contributed by atoms with van der Waals surface area (Å²) in [6, 6.07) is 37.2. The van der Waals surface area contributed by atoms with Crippen molar-refractivity contribution in [3.63, 3.8) is 0 Å². The molecule has 33 heavy (non-hydrogen) atoms. The Hall–Kier alpha value is -4.50. The highest BCUT2D eigenvalue weighted by Gasteiger charge is 2.24. The first-order valence-electron chi connectivity index (χ1n) is 11.0. The van der Waals surface area contributed by atoms with E-state index in [4.69, 9.17) is 11.5 Å². The Morgan fingerprint density at radius 2 is 1.03 bits per heavy atom. The molecule has 0 aliphatic rings. The van der Waals surface area contributed by atoms with Crippen molar-refractivity contribution in [3.8, 4) is 33.4 Å². The van der Waals surface area contributed by atoms with E-state index in [2.05, 4.69) is 77.8 Å². The lowest BCUT2D eigenvalue weighted by Gasteiger charge is -2.20. The van der Waals surface area contributed by atoms with E-state index in [9.17, 15) is 0 Å². The Morgan fingerprint density at radius 3 is 1.61 bits per heavy atom. The summed E-state index contributed by atoms with van der Waals surface area (Å²) in [5.41, 5.74) is 23.4. The molecule has 6 rings (SSSR count). The van der Waals surface area contributed by atoms with Crippen molar-refractivity contribution in [1.82, 2.24) is 4.98 Å². The summed E-state index contributed by atoms with van der Waals surface area (Å²) in [5.74, 6) is 0. The van der Waals surface area contributed by atoms with Crippen LogP contribution in [0.4, 0.5) is 11.4 Å². The second-order valence-corrected chi connectivity index (χ2v) is 8.32. The zero-order valence-corrected chi connectivity index (χ0v) is 18.0. The summed E-state index contributed by atoms with van der Waals surface area (Å²) in [6.07, 6.45) is 0. The Kier molecular flexibility index (Phi) is 4.41. The van der Waals surface area contributed by atoms with Crippen LogP contribution in [0.1, 0.15) is 0 Å². The molecule has 1 heterocycles. The van der Waals surface area contributed by atoms with Crippen LogP contribution < -0.4 is 11.5 Å². The highest BCUT2D eigenvalue weighted by Crippen LogP contribution is 2.50. The number of anilines is 2. The molecule has 0 amide bonds. The molecule has 0 bridgehead atoms. The molecule has 1 aromatic heterocycles. The van der Waals surface area contributed by atoms with Gasteiger partial charge in [-0.3, -0.25) is 0 Å². The Morgan fingerprint density at radius 1 is 0.515 bits per heavy atom. The predicted molar refractivity (Wildman–Crippen MR) is 141 cm³/mol. The van der Waals surface area contributed by atoms with Gasteiger partial charge in [0.1, 0.15) is 0 Å². The van der Waals surface area contributed by atoms with Gasteiger partial charge in [0.05, 0.1) is 5.52 Å². The van der Waals surface area contributed by atoms with Gasteiger partial charge in [0.2, 0.25) is 0 Å². The number of benzene rings is 5. The average Bonchev–Trinajstić information content (AvgIpc) is 3.23. The number of aromatic nitrogens is 1. The van der Waals surface area contributed by atoms with Crippen molar-refractivity contribution in [3.05, 3.63) is 109 Å². The van der Waals surface area contributed by atoms with Crippen LogP contribution in [0.25, 0.3) is 55.2 Å². The number of hydrogen-bond acceptors (Lipinski definition) is 2. The molecule has 0 unspecified atom stereocenters. The fourth-order valence-corrected chi connectivity index (χ4v) is 4.88. The molecule has 5 aromatic carbocycles. The first kappa shape index (κ1) is 19.2. The number of H-pyrrole nitrogens is 1. The minimum Gasteiger partial charge on any atom is -0.399 e. The van der Waals surface area contributed by atoms with Crippen LogP contribution in [0.5, 0.6) is 0 Å². The van der Waals surface area contributed by atoms with E-state index < -0.39 is 0 Å². The number of nitrogens with one attached hydrogen (secondary N) is 1. The zero-order valence-electron chi connectivity index (χ0n) is 18.0. The molecule has 0 spiro atoms. The second-order valence-electron chi connectivity index (χ2n) is 8.32. The van der Waals surface area contributed by atoms with Crippen LogP contribution in [-0.2, 0) is 0 Å². The number of fused-ring (bicyclic) bond motifs is 3. The van der Waals surface area contributed by atoms with Crippen LogP contribution in [0.3, 0.4) is 0 Å². The van der Waals surface area contributed by atoms with Crippen LogP contribution in [0, 0.1) is 0 Å². The van der Waals surface area contributed by atoms with Crippen LogP contribution in [0.2, 0.25) is 0 Å². The summed E-state index contributed by atoms with van der Waals surface area (Å²) in [7, 11) is 0. The van der Waals surface area contributed by atoms with Gasteiger partial charge in [-0.25, -0.2) is 0 Å². The largest absolute Gasteiger partial charge is 0.399 e. The van der Waals surface area contributed by atoms with Crippen LogP contribution in [0.15, 0.2) is 109 Å². The predicted octanol–water partition coefficient (Wildman–Crippen LogP) is 7.49. The maximum atomic E-state index is 7.09. The summed E-state index contributed by atoms with van der Waals surface area (Å²) < 4.78 is 0. The van der Waals surface area contributed by atoms with Crippen molar-refractivity contribution >= 4 is 33.2 Å². The highest BCUT2D eigenvalue weighted by molar-refractivity contribution is 6.24. The number of rotatable bonds is 3. The molecule has 3 nitrogen and oxygen atoms in total. The number of aromatic amines is 1.